The summed E-state index contributed by atoms with van der Waals surface area (Å²) in [5.74, 6) is -0.295. The zero-order valence-corrected chi connectivity index (χ0v) is 10.6. The molecule has 18 heavy (non-hydrogen) atoms. The number of hydrogen-bond donors (Lipinski definition) is 1. The lowest BCUT2D eigenvalue weighted by Gasteiger charge is -2.46. The van der Waals surface area contributed by atoms with Gasteiger partial charge in [-0.05, 0) is 31.6 Å². The molecule has 0 radical (unpaired) electrons. The van der Waals surface area contributed by atoms with E-state index >= 15 is 0 Å². The van der Waals surface area contributed by atoms with Crippen molar-refractivity contribution in [1.29, 1.82) is 0 Å². The summed E-state index contributed by atoms with van der Waals surface area (Å²) in [5.41, 5.74) is -0.920. The Kier molecular flexibility index (Phi) is 2.47. The van der Waals surface area contributed by atoms with Crippen LogP contribution in [0.3, 0.4) is 0 Å². The highest BCUT2D eigenvalue weighted by Gasteiger charge is 2.58. The Hall–Kier alpha value is -1.39. The summed E-state index contributed by atoms with van der Waals surface area (Å²) in [6, 6.07) is -0.538. The topological polar surface area (TPSA) is 66.5 Å². The molecule has 1 saturated heterocycles. The molecule has 5 heteroatoms. The van der Waals surface area contributed by atoms with Crippen LogP contribution in [-0.4, -0.2) is 28.8 Å². The van der Waals surface area contributed by atoms with E-state index in [-0.39, 0.29) is 17.9 Å². The normalized spacial score (nSPS) is 34.7. The summed E-state index contributed by atoms with van der Waals surface area (Å²) >= 11 is 0. The van der Waals surface area contributed by atoms with Crippen LogP contribution in [0.1, 0.15) is 45.4 Å². The molecule has 0 bridgehead atoms. The van der Waals surface area contributed by atoms with Gasteiger partial charge in [0.2, 0.25) is 11.8 Å². The number of imide groups is 2. The van der Waals surface area contributed by atoms with Crippen LogP contribution in [-0.2, 0) is 9.59 Å². The molecule has 0 aromatic heterocycles. The van der Waals surface area contributed by atoms with E-state index in [1.807, 2.05) is 0 Å². The van der Waals surface area contributed by atoms with E-state index < -0.39 is 11.4 Å². The van der Waals surface area contributed by atoms with Crippen LogP contribution < -0.4 is 5.32 Å². The van der Waals surface area contributed by atoms with Gasteiger partial charge in [-0.3, -0.25) is 19.8 Å². The molecule has 2 unspecified atom stereocenters. The van der Waals surface area contributed by atoms with Crippen molar-refractivity contribution in [2.24, 2.45) is 11.3 Å². The fourth-order valence-electron chi connectivity index (χ4n) is 3.48. The molecule has 0 aromatic carbocycles. The second-order valence-electron chi connectivity index (χ2n) is 5.85. The molecule has 1 N–H and O–H groups in total. The molecule has 4 amide bonds. The highest BCUT2D eigenvalue weighted by molar-refractivity contribution is 6.19. The SMILES string of the molecule is CC1CCCC1N1C(=O)NC(=O)C2(CCC2)C1=O. The predicted molar refractivity (Wildman–Crippen MR) is 63.5 cm³/mol. The van der Waals surface area contributed by atoms with Gasteiger partial charge >= 0.3 is 6.03 Å². The molecule has 0 aromatic rings. The molecule has 1 aliphatic heterocycles. The summed E-state index contributed by atoms with van der Waals surface area (Å²) in [4.78, 5) is 37.7. The largest absolute Gasteiger partial charge is 0.331 e. The quantitative estimate of drug-likeness (QED) is 0.716. The highest BCUT2D eigenvalue weighted by Crippen LogP contribution is 2.46. The van der Waals surface area contributed by atoms with Gasteiger partial charge in [0, 0.05) is 6.04 Å². The second kappa shape index (κ2) is 3.80. The first-order valence-corrected chi connectivity index (χ1v) is 6.75. The first kappa shape index (κ1) is 11.7. The van der Waals surface area contributed by atoms with Crippen molar-refractivity contribution in [3.05, 3.63) is 0 Å². The zero-order valence-electron chi connectivity index (χ0n) is 10.6. The Labute approximate surface area is 106 Å². The number of nitrogens with one attached hydrogen (secondary N) is 1. The first-order chi connectivity index (χ1) is 8.56. The van der Waals surface area contributed by atoms with Gasteiger partial charge in [-0.25, -0.2) is 4.79 Å². The molecular formula is C13H18N2O3. The van der Waals surface area contributed by atoms with Gasteiger partial charge in [0.25, 0.3) is 0 Å². The van der Waals surface area contributed by atoms with Crippen molar-refractivity contribution in [3.8, 4) is 0 Å². The Morgan fingerprint density at radius 3 is 2.39 bits per heavy atom. The van der Waals surface area contributed by atoms with Crippen LogP contribution in [0, 0.1) is 11.3 Å². The van der Waals surface area contributed by atoms with Crippen LogP contribution in [0.5, 0.6) is 0 Å². The lowest BCUT2D eigenvalue weighted by Crippen LogP contribution is -2.68. The summed E-state index contributed by atoms with van der Waals surface area (Å²) in [6.45, 7) is 2.07. The van der Waals surface area contributed by atoms with Crippen LogP contribution >= 0.6 is 0 Å². The third-order valence-electron chi connectivity index (χ3n) is 4.86. The van der Waals surface area contributed by atoms with E-state index in [0.717, 1.165) is 25.7 Å². The molecule has 98 valence electrons. The number of barbiturate groups is 1. The first-order valence-electron chi connectivity index (χ1n) is 6.75. The van der Waals surface area contributed by atoms with Crippen LogP contribution in [0.25, 0.3) is 0 Å². The second-order valence-corrected chi connectivity index (χ2v) is 5.85. The summed E-state index contributed by atoms with van der Waals surface area (Å²) in [6.07, 6.45) is 5.02. The lowest BCUT2D eigenvalue weighted by molar-refractivity contribution is -0.159. The predicted octanol–water partition coefficient (Wildman–Crippen LogP) is 1.42. The minimum atomic E-state index is -0.920. The van der Waals surface area contributed by atoms with Gasteiger partial charge in [-0.1, -0.05) is 19.8 Å². The summed E-state index contributed by atoms with van der Waals surface area (Å²) < 4.78 is 0. The van der Waals surface area contributed by atoms with Crippen molar-refractivity contribution in [2.45, 2.75) is 51.5 Å². The maximum Gasteiger partial charge on any atom is 0.331 e. The van der Waals surface area contributed by atoms with E-state index in [2.05, 4.69) is 12.2 Å². The van der Waals surface area contributed by atoms with Crippen LogP contribution in [0.2, 0.25) is 0 Å². The Bertz CT molecular complexity index is 428. The number of amides is 4. The van der Waals surface area contributed by atoms with E-state index in [1.165, 1.54) is 4.90 Å². The molecule has 3 aliphatic rings. The fraction of sp³-hybridized carbons (Fsp3) is 0.769. The standard InChI is InChI=1S/C13H18N2O3/c1-8-4-2-5-9(8)15-11(17)13(6-3-7-13)10(16)14-12(15)18/h8-9H,2-7H2,1H3,(H,14,16,18). The monoisotopic (exact) mass is 250 g/mol. The van der Waals surface area contributed by atoms with Gasteiger partial charge < -0.3 is 0 Å². The molecule has 1 spiro atoms. The Morgan fingerprint density at radius 2 is 1.89 bits per heavy atom. The fourth-order valence-corrected chi connectivity index (χ4v) is 3.48. The number of nitrogens with zero attached hydrogens (tertiary/aromatic N) is 1. The number of rotatable bonds is 1. The minimum absolute atomic E-state index is 0.0249. The number of urea groups is 1. The van der Waals surface area contributed by atoms with Crippen molar-refractivity contribution >= 4 is 17.8 Å². The van der Waals surface area contributed by atoms with Crippen molar-refractivity contribution in [1.82, 2.24) is 10.2 Å². The van der Waals surface area contributed by atoms with Crippen molar-refractivity contribution in [2.75, 3.05) is 0 Å². The van der Waals surface area contributed by atoms with Crippen LogP contribution in [0.4, 0.5) is 4.79 Å². The zero-order chi connectivity index (χ0) is 12.9. The third-order valence-corrected chi connectivity index (χ3v) is 4.86. The van der Waals surface area contributed by atoms with E-state index in [1.54, 1.807) is 0 Å². The van der Waals surface area contributed by atoms with Crippen molar-refractivity contribution < 1.29 is 14.4 Å². The maximum absolute atomic E-state index is 12.5. The maximum atomic E-state index is 12.5. The number of carbonyl (C=O) groups excluding carboxylic acids is 3. The van der Waals surface area contributed by atoms with E-state index in [4.69, 9.17) is 0 Å². The number of hydrogen-bond acceptors (Lipinski definition) is 3. The van der Waals surface area contributed by atoms with Gasteiger partial charge in [-0.2, -0.15) is 0 Å². The van der Waals surface area contributed by atoms with E-state index in [9.17, 15) is 14.4 Å². The van der Waals surface area contributed by atoms with Crippen LogP contribution in [0.15, 0.2) is 0 Å². The van der Waals surface area contributed by atoms with Crippen molar-refractivity contribution in [3.63, 3.8) is 0 Å². The minimum Gasteiger partial charge on any atom is -0.277 e. The molecular weight excluding hydrogens is 232 g/mol. The molecule has 2 aliphatic carbocycles. The van der Waals surface area contributed by atoms with Gasteiger partial charge in [0.1, 0.15) is 5.41 Å². The molecule has 5 nitrogen and oxygen atoms in total. The van der Waals surface area contributed by atoms with Gasteiger partial charge in [-0.15, -0.1) is 0 Å². The molecule has 2 saturated carbocycles. The molecule has 3 rings (SSSR count). The lowest BCUT2D eigenvalue weighted by atomic mass is 9.66. The Balaban J connectivity index is 1.91. The smallest absolute Gasteiger partial charge is 0.277 e. The van der Waals surface area contributed by atoms with Gasteiger partial charge in [0.05, 0.1) is 0 Å². The highest BCUT2D eigenvalue weighted by atomic mass is 16.2. The van der Waals surface area contributed by atoms with E-state index in [0.29, 0.717) is 18.8 Å². The molecule has 3 fully saturated rings. The summed E-state index contributed by atoms with van der Waals surface area (Å²) in [7, 11) is 0. The number of carbonyl (C=O) groups is 3. The Morgan fingerprint density at radius 1 is 1.17 bits per heavy atom. The van der Waals surface area contributed by atoms with Gasteiger partial charge in [0.15, 0.2) is 0 Å². The molecule has 2 atom stereocenters. The molecule has 1 heterocycles. The average Bonchev–Trinajstić information content (AvgIpc) is 2.62. The average molecular weight is 250 g/mol. The third kappa shape index (κ3) is 1.36. The summed E-state index contributed by atoms with van der Waals surface area (Å²) in [5, 5.41) is 2.38.